The summed E-state index contributed by atoms with van der Waals surface area (Å²) in [6, 6.07) is 14.6. The molecule has 0 radical (unpaired) electrons. The molecule has 0 saturated carbocycles. The number of piperidine rings is 1. The van der Waals surface area contributed by atoms with Gasteiger partial charge >= 0.3 is 0 Å². The summed E-state index contributed by atoms with van der Waals surface area (Å²) in [4.78, 5) is 12.3. The molecule has 1 aliphatic rings. The van der Waals surface area contributed by atoms with Gasteiger partial charge in [0.1, 0.15) is 0 Å². The zero-order chi connectivity index (χ0) is 16.8. The van der Waals surface area contributed by atoms with E-state index in [2.05, 4.69) is 15.4 Å². The SMILES string of the molecule is O=C(Nc1cccc(/C=N\N2CCCCC2)c1)c1ccccc1Cl. The second-order valence-corrected chi connectivity index (χ2v) is 6.23. The lowest BCUT2D eigenvalue weighted by atomic mass is 10.1. The third-order valence-corrected chi connectivity index (χ3v) is 4.30. The third-order valence-electron chi connectivity index (χ3n) is 3.97. The lowest BCUT2D eigenvalue weighted by Gasteiger charge is -2.23. The number of nitrogens with one attached hydrogen (secondary N) is 1. The molecule has 2 aromatic carbocycles. The van der Waals surface area contributed by atoms with Gasteiger partial charge in [-0.15, -0.1) is 0 Å². The van der Waals surface area contributed by atoms with Crippen molar-refractivity contribution in [3.05, 3.63) is 64.7 Å². The molecule has 1 heterocycles. The van der Waals surface area contributed by atoms with Gasteiger partial charge in [0.2, 0.25) is 0 Å². The summed E-state index contributed by atoms with van der Waals surface area (Å²) >= 11 is 6.06. The zero-order valence-electron chi connectivity index (χ0n) is 13.4. The summed E-state index contributed by atoms with van der Waals surface area (Å²) in [6.45, 7) is 2.03. The van der Waals surface area contributed by atoms with Crippen LogP contribution in [0.4, 0.5) is 5.69 Å². The van der Waals surface area contributed by atoms with Crippen LogP contribution in [-0.4, -0.2) is 30.2 Å². The first-order valence-corrected chi connectivity index (χ1v) is 8.55. The Hall–Kier alpha value is -2.33. The van der Waals surface area contributed by atoms with E-state index in [-0.39, 0.29) is 5.91 Å². The minimum absolute atomic E-state index is 0.217. The Balaban J connectivity index is 1.68. The molecule has 24 heavy (non-hydrogen) atoms. The van der Waals surface area contributed by atoms with Gasteiger partial charge in [-0.1, -0.05) is 35.9 Å². The smallest absolute Gasteiger partial charge is 0.257 e. The monoisotopic (exact) mass is 341 g/mol. The van der Waals surface area contributed by atoms with Crippen molar-refractivity contribution in [3.63, 3.8) is 0 Å². The van der Waals surface area contributed by atoms with Crippen LogP contribution >= 0.6 is 11.6 Å². The summed E-state index contributed by atoms with van der Waals surface area (Å²) in [6.07, 6.45) is 5.53. The Kier molecular flexibility index (Phi) is 5.49. The molecule has 0 aromatic heterocycles. The third kappa shape index (κ3) is 4.36. The number of benzene rings is 2. The molecular weight excluding hydrogens is 322 g/mol. The van der Waals surface area contributed by atoms with E-state index in [1.165, 1.54) is 19.3 Å². The molecule has 1 saturated heterocycles. The van der Waals surface area contributed by atoms with E-state index in [9.17, 15) is 4.79 Å². The van der Waals surface area contributed by atoms with Gasteiger partial charge < -0.3 is 5.32 Å². The Bertz CT molecular complexity index is 739. The Morgan fingerprint density at radius 2 is 1.88 bits per heavy atom. The maximum Gasteiger partial charge on any atom is 0.257 e. The van der Waals surface area contributed by atoms with Crippen molar-refractivity contribution >= 4 is 29.4 Å². The molecule has 4 nitrogen and oxygen atoms in total. The molecule has 1 N–H and O–H groups in total. The van der Waals surface area contributed by atoms with Crippen LogP contribution < -0.4 is 5.32 Å². The highest BCUT2D eigenvalue weighted by Gasteiger charge is 2.10. The van der Waals surface area contributed by atoms with Gasteiger partial charge in [0.25, 0.3) is 5.91 Å². The first-order valence-electron chi connectivity index (χ1n) is 8.17. The number of hydrogen-bond donors (Lipinski definition) is 1. The second kappa shape index (κ2) is 7.97. The predicted octanol–water partition coefficient (Wildman–Crippen LogP) is 4.41. The number of carbonyl (C=O) groups is 1. The summed E-state index contributed by atoms with van der Waals surface area (Å²) in [5.74, 6) is -0.217. The van der Waals surface area contributed by atoms with E-state index in [4.69, 9.17) is 11.6 Å². The van der Waals surface area contributed by atoms with Crippen molar-refractivity contribution in [2.75, 3.05) is 18.4 Å². The van der Waals surface area contributed by atoms with E-state index in [1.807, 2.05) is 30.5 Å². The van der Waals surface area contributed by atoms with E-state index in [0.29, 0.717) is 10.6 Å². The van der Waals surface area contributed by atoms with Gasteiger partial charge in [0, 0.05) is 18.8 Å². The van der Waals surface area contributed by atoms with Crippen molar-refractivity contribution < 1.29 is 4.79 Å². The number of hydrazone groups is 1. The average molecular weight is 342 g/mol. The maximum absolute atomic E-state index is 12.3. The van der Waals surface area contributed by atoms with Crippen LogP contribution in [0, 0.1) is 0 Å². The molecule has 0 aliphatic carbocycles. The largest absolute Gasteiger partial charge is 0.322 e. The first-order chi connectivity index (χ1) is 11.7. The van der Waals surface area contributed by atoms with Crippen molar-refractivity contribution in [3.8, 4) is 0 Å². The Labute approximate surface area is 147 Å². The topological polar surface area (TPSA) is 44.7 Å². The number of anilines is 1. The summed E-state index contributed by atoms with van der Waals surface area (Å²) in [5, 5.41) is 9.94. The normalized spacial score (nSPS) is 14.8. The standard InChI is InChI=1S/C19H20ClN3O/c20-18-10-3-2-9-17(18)19(24)22-16-8-6-7-15(13-16)14-21-23-11-4-1-5-12-23/h2-3,6-10,13-14H,1,4-5,11-12H2,(H,22,24)/b21-14-. The number of hydrogen-bond acceptors (Lipinski definition) is 3. The lowest BCUT2D eigenvalue weighted by Crippen LogP contribution is -2.24. The molecule has 2 aromatic rings. The first kappa shape index (κ1) is 16.5. The van der Waals surface area contributed by atoms with Gasteiger partial charge in [-0.2, -0.15) is 5.10 Å². The molecular formula is C19H20ClN3O. The van der Waals surface area contributed by atoms with Gasteiger partial charge in [-0.25, -0.2) is 0 Å². The molecule has 0 unspecified atom stereocenters. The fraction of sp³-hybridized carbons (Fsp3) is 0.263. The molecule has 0 spiro atoms. The highest BCUT2D eigenvalue weighted by atomic mass is 35.5. The van der Waals surface area contributed by atoms with Crippen molar-refractivity contribution in [1.82, 2.24) is 5.01 Å². The van der Waals surface area contributed by atoms with Crippen LogP contribution in [-0.2, 0) is 0 Å². The van der Waals surface area contributed by atoms with Gasteiger partial charge in [-0.3, -0.25) is 9.80 Å². The minimum Gasteiger partial charge on any atom is -0.322 e. The van der Waals surface area contributed by atoms with Gasteiger partial charge in [-0.05, 0) is 49.1 Å². The lowest BCUT2D eigenvalue weighted by molar-refractivity contribution is 0.102. The number of rotatable bonds is 4. The van der Waals surface area contributed by atoms with Crippen LogP contribution in [0.2, 0.25) is 5.02 Å². The molecule has 1 amide bonds. The Morgan fingerprint density at radius 3 is 2.67 bits per heavy atom. The molecule has 1 fully saturated rings. The van der Waals surface area contributed by atoms with E-state index >= 15 is 0 Å². The molecule has 0 bridgehead atoms. The summed E-state index contributed by atoms with van der Waals surface area (Å²) in [5.41, 5.74) is 2.14. The highest BCUT2D eigenvalue weighted by molar-refractivity contribution is 6.34. The van der Waals surface area contributed by atoms with Crippen LogP contribution in [0.3, 0.4) is 0 Å². The molecule has 3 rings (SSSR count). The fourth-order valence-electron chi connectivity index (χ4n) is 2.68. The number of nitrogens with zero attached hydrogens (tertiary/aromatic N) is 2. The van der Waals surface area contributed by atoms with Crippen molar-refractivity contribution in [1.29, 1.82) is 0 Å². The zero-order valence-corrected chi connectivity index (χ0v) is 14.2. The minimum atomic E-state index is -0.217. The highest BCUT2D eigenvalue weighted by Crippen LogP contribution is 2.18. The van der Waals surface area contributed by atoms with Crippen molar-refractivity contribution in [2.24, 2.45) is 5.10 Å². The van der Waals surface area contributed by atoms with E-state index < -0.39 is 0 Å². The van der Waals surface area contributed by atoms with Gasteiger partial charge in [0.15, 0.2) is 0 Å². The number of halogens is 1. The molecule has 5 heteroatoms. The van der Waals surface area contributed by atoms with Crippen LogP contribution in [0.1, 0.15) is 35.2 Å². The molecule has 0 atom stereocenters. The second-order valence-electron chi connectivity index (χ2n) is 5.82. The quantitative estimate of drug-likeness (QED) is 0.837. The summed E-state index contributed by atoms with van der Waals surface area (Å²) < 4.78 is 0. The maximum atomic E-state index is 12.3. The summed E-state index contributed by atoms with van der Waals surface area (Å²) in [7, 11) is 0. The van der Waals surface area contributed by atoms with Crippen LogP contribution in [0.5, 0.6) is 0 Å². The number of carbonyl (C=O) groups excluding carboxylic acids is 1. The van der Waals surface area contributed by atoms with Crippen molar-refractivity contribution in [2.45, 2.75) is 19.3 Å². The van der Waals surface area contributed by atoms with E-state index in [0.717, 1.165) is 24.3 Å². The molecule has 1 aliphatic heterocycles. The Morgan fingerprint density at radius 1 is 1.08 bits per heavy atom. The fourth-order valence-corrected chi connectivity index (χ4v) is 2.90. The molecule has 124 valence electrons. The van der Waals surface area contributed by atoms with Gasteiger partial charge in [0.05, 0.1) is 16.8 Å². The predicted molar refractivity (Wildman–Crippen MR) is 98.9 cm³/mol. The number of amides is 1. The average Bonchev–Trinajstić information content (AvgIpc) is 2.61. The van der Waals surface area contributed by atoms with E-state index in [1.54, 1.807) is 24.3 Å². The van der Waals surface area contributed by atoms with Crippen LogP contribution in [0.15, 0.2) is 53.6 Å². The van der Waals surface area contributed by atoms with Crippen LogP contribution in [0.25, 0.3) is 0 Å².